The molecule has 0 amide bonds. The zero-order valence-corrected chi connectivity index (χ0v) is 18.1. The van der Waals surface area contributed by atoms with E-state index in [4.69, 9.17) is 14.2 Å². The average Bonchev–Trinajstić information content (AvgIpc) is 2.64. The third kappa shape index (κ3) is 8.66. The average molecular weight is 377 g/mol. The lowest BCUT2D eigenvalue weighted by Crippen LogP contribution is -2.22. The third-order valence-electron chi connectivity index (χ3n) is 5.35. The summed E-state index contributed by atoms with van der Waals surface area (Å²) in [6.07, 6.45) is 8.90. The predicted molar refractivity (Wildman–Crippen MR) is 112 cm³/mol. The second-order valence-electron chi connectivity index (χ2n) is 9.13. The summed E-state index contributed by atoms with van der Waals surface area (Å²) >= 11 is 0. The van der Waals surface area contributed by atoms with E-state index in [2.05, 4.69) is 52.0 Å². The van der Waals surface area contributed by atoms with Crippen molar-refractivity contribution in [2.45, 2.75) is 97.9 Å². The molecule has 1 fully saturated rings. The van der Waals surface area contributed by atoms with Crippen molar-refractivity contribution in [2.75, 3.05) is 13.2 Å². The van der Waals surface area contributed by atoms with Gasteiger partial charge in [0.25, 0.3) is 0 Å². The van der Waals surface area contributed by atoms with Gasteiger partial charge in [0, 0.05) is 0 Å². The molecule has 2 unspecified atom stereocenters. The summed E-state index contributed by atoms with van der Waals surface area (Å²) in [5, 5.41) is 0. The van der Waals surface area contributed by atoms with E-state index < -0.39 is 0 Å². The molecule has 0 aliphatic heterocycles. The first-order chi connectivity index (χ1) is 12.9. The van der Waals surface area contributed by atoms with E-state index in [0.29, 0.717) is 30.7 Å². The summed E-state index contributed by atoms with van der Waals surface area (Å²) in [6.45, 7) is 12.4. The van der Waals surface area contributed by atoms with Gasteiger partial charge in [-0.3, -0.25) is 0 Å². The summed E-state index contributed by atoms with van der Waals surface area (Å²) in [7, 11) is 0. The molecule has 2 rings (SSSR count). The van der Waals surface area contributed by atoms with Crippen LogP contribution < -0.4 is 4.74 Å². The highest BCUT2D eigenvalue weighted by Crippen LogP contribution is 2.34. The van der Waals surface area contributed by atoms with Crippen LogP contribution in [0.25, 0.3) is 0 Å². The highest BCUT2D eigenvalue weighted by atomic mass is 16.7. The van der Waals surface area contributed by atoms with Crippen molar-refractivity contribution in [2.24, 2.45) is 5.41 Å². The van der Waals surface area contributed by atoms with Gasteiger partial charge in [0.1, 0.15) is 5.75 Å². The molecule has 154 valence electrons. The van der Waals surface area contributed by atoms with Gasteiger partial charge in [-0.2, -0.15) is 0 Å². The molecule has 27 heavy (non-hydrogen) atoms. The molecule has 1 aliphatic carbocycles. The molecule has 0 heterocycles. The van der Waals surface area contributed by atoms with Crippen LogP contribution in [0.5, 0.6) is 5.75 Å². The third-order valence-corrected chi connectivity index (χ3v) is 5.35. The van der Waals surface area contributed by atoms with Gasteiger partial charge in [0.15, 0.2) is 6.29 Å². The molecule has 0 radical (unpaired) electrons. The van der Waals surface area contributed by atoms with Crippen molar-refractivity contribution in [3.05, 3.63) is 29.8 Å². The van der Waals surface area contributed by atoms with Crippen LogP contribution in [0.4, 0.5) is 0 Å². The van der Waals surface area contributed by atoms with Crippen LogP contribution in [0.2, 0.25) is 0 Å². The Kier molecular flexibility index (Phi) is 9.11. The molecule has 3 heteroatoms. The lowest BCUT2D eigenvalue weighted by Gasteiger charge is -2.25. The zero-order chi connectivity index (χ0) is 19.7. The van der Waals surface area contributed by atoms with Crippen molar-refractivity contribution >= 4 is 0 Å². The van der Waals surface area contributed by atoms with Crippen LogP contribution in [-0.4, -0.2) is 25.6 Å². The maximum atomic E-state index is 5.90. The van der Waals surface area contributed by atoms with Gasteiger partial charge in [-0.25, -0.2) is 0 Å². The molecule has 1 aliphatic rings. The fourth-order valence-electron chi connectivity index (χ4n) is 3.94. The summed E-state index contributed by atoms with van der Waals surface area (Å²) in [6, 6.07) is 8.54. The van der Waals surface area contributed by atoms with Crippen LogP contribution in [0.1, 0.15) is 91.0 Å². The van der Waals surface area contributed by atoms with Crippen molar-refractivity contribution in [3.8, 4) is 5.75 Å². The standard InChI is InChI=1S/C24H40O3/c1-6-20(18-24(3,4)5)21-12-14-23(15-13-21)27-19(2)25-16-17-26-22-10-8-7-9-11-22/h12-15,19-20,22H,6-11,16-18H2,1-5H3. The zero-order valence-electron chi connectivity index (χ0n) is 18.1. The van der Waals surface area contributed by atoms with Crippen LogP contribution in [0.3, 0.4) is 0 Å². The van der Waals surface area contributed by atoms with E-state index in [1.54, 1.807) is 0 Å². The molecule has 0 N–H and O–H groups in total. The number of rotatable bonds is 10. The topological polar surface area (TPSA) is 27.7 Å². The molecular formula is C24H40O3. The van der Waals surface area contributed by atoms with Crippen LogP contribution in [-0.2, 0) is 9.47 Å². The molecule has 3 nitrogen and oxygen atoms in total. The highest BCUT2D eigenvalue weighted by molar-refractivity contribution is 5.29. The van der Waals surface area contributed by atoms with Gasteiger partial charge in [0.05, 0.1) is 19.3 Å². The number of hydrogen-bond donors (Lipinski definition) is 0. The van der Waals surface area contributed by atoms with Crippen molar-refractivity contribution in [1.29, 1.82) is 0 Å². The molecule has 1 aromatic rings. The minimum absolute atomic E-state index is 0.262. The van der Waals surface area contributed by atoms with Crippen LogP contribution >= 0.6 is 0 Å². The molecule has 0 bridgehead atoms. The Morgan fingerprint density at radius 3 is 2.26 bits per heavy atom. The fraction of sp³-hybridized carbons (Fsp3) is 0.750. The Morgan fingerprint density at radius 2 is 1.67 bits per heavy atom. The molecular weight excluding hydrogens is 336 g/mol. The van der Waals surface area contributed by atoms with Crippen molar-refractivity contribution in [3.63, 3.8) is 0 Å². The number of benzene rings is 1. The van der Waals surface area contributed by atoms with Gasteiger partial charge in [0.2, 0.25) is 0 Å². The highest BCUT2D eigenvalue weighted by Gasteiger charge is 2.19. The second kappa shape index (κ2) is 11.1. The largest absolute Gasteiger partial charge is 0.465 e. The number of hydrogen-bond acceptors (Lipinski definition) is 3. The van der Waals surface area contributed by atoms with Crippen molar-refractivity contribution in [1.82, 2.24) is 0 Å². The Balaban J connectivity index is 1.71. The fourth-order valence-corrected chi connectivity index (χ4v) is 3.94. The molecule has 0 saturated heterocycles. The van der Waals surface area contributed by atoms with Gasteiger partial charge >= 0.3 is 0 Å². The van der Waals surface area contributed by atoms with Gasteiger partial charge < -0.3 is 14.2 Å². The Bertz CT molecular complexity index is 511. The van der Waals surface area contributed by atoms with E-state index in [-0.39, 0.29) is 6.29 Å². The molecule has 1 aromatic carbocycles. The monoisotopic (exact) mass is 376 g/mol. The first kappa shape index (κ1) is 22.2. The van der Waals surface area contributed by atoms with E-state index in [1.165, 1.54) is 44.1 Å². The maximum Gasteiger partial charge on any atom is 0.197 e. The van der Waals surface area contributed by atoms with Gasteiger partial charge in [-0.05, 0) is 61.6 Å². The predicted octanol–water partition coefficient (Wildman–Crippen LogP) is 6.71. The van der Waals surface area contributed by atoms with Gasteiger partial charge in [-0.1, -0.05) is 59.1 Å². The van der Waals surface area contributed by atoms with E-state index in [9.17, 15) is 0 Å². The first-order valence-electron chi connectivity index (χ1n) is 10.9. The van der Waals surface area contributed by atoms with E-state index in [1.807, 2.05) is 6.92 Å². The first-order valence-corrected chi connectivity index (χ1v) is 10.9. The normalized spacial score (nSPS) is 18.3. The SMILES string of the molecule is CCC(CC(C)(C)C)c1ccc(OC(C)OCCOC2CCCCC2)cc1. The molecule has 0 aromatic heterocycles. The minimum Gasteiger partial charge on any atom is -0.465 e. The Labute approximate surface area is 166 Å². The molecule has 2 atom stereocenters. The number of ether oxygens (including phenoxy) is 3. The van der Waals surface area contributed by atoms with Gasteiger partial charge in [-0.15, -0.1) is 0 Å². The van der Waals surface area contributed by atoms with E-state index in [0.717, 1.165) is 12.2 Å². The smallest absolute Gasteiger partial charge is 0.197 e. The van der Waals surface area contributed by atoms with Crippen LogP contribution in [0.15, 0.2) is 24.3 Å². The minimum atomic E-state index is -0.262. The Hall–Kier alpha value is -1.06. The van der Waals surface area contributed by atoms with E-state index >= 15 is 0 Å². The maximum absolute atomic E-state index is 5.90. The molecule has 1 saturated carbocycles. The Morgan fingerprint density at radius 1 is 1.00 bits per heavy atom. The lowest BCUT2D eigenvalue weighted by molar-refractivity contribution is -0.0940. The molecule has 0 spiro atoms. The lowest BCUT2D eigenvalue weighted by atomic mass is 9.80. The second-order valence-corrected chi connectivity index (χ2v) is 9.13. The van der Waals surface area contributed by atoms with Crippen LogP contribution in [0, 0.1) is 5.41 Å². The summed E-state index contributed by atoms with van der Waals surface area (Å²) in [4.78, 5) is 0. The van der Waals surface area contributed by atoms with Crippen molar-refractivity contribution < 1.29 is 14.2 Å². The summed E-state index contributed by atoms with van der Waals surface area (Å²) in [5.74, 6) is 1.47. The quantitative estimate of drug-likeness (QED) is 0.335. The summed E-state index contributed by atoms with van der Waals surface area (Å²) < 4.78 is 17.5. The summed E-state index contributed by atoms with van der Waals surface area (Å²) in [5.41, 5.74) is 1.74.